The molecular formula is C21H21ClF3N5O. The molecule has 0 bridgehead atoms. The molecule has 10 heteroatoms. The summed E-state index contributed by atoms with van der Waals surface area (Å²) in [5, 5.41) is 11.6. The van der Waals surface area contributed by atoms with Crippen LogP contribution < -0.4 is 5.32 Å². The van der Waals surface area contributed by atoms with E-state index in [-0.39, 0.29) is 11.8 Å². The van der Waals surface area contributed by atoms with Crippen LogP contribution in [0.3, 0.4) is 0 Å². The first-order valence-electron chi connectivity index (χ1n) is 9.95. The molecule has 1 saturated heterocycles. The molecular weight excluding hydrogens is 431 g/mol. The SMILES string of the molecule is C[C@@H](C(=O)Nc1cccc(Cl)c1)N1CCC[C@H](c2nnc3ccc(C(F)(F)F)cn23)C1. The average Bonchev–Trinajstić information content (AvgIpc) is 3.16. The molecule has 2 atom stereocenters. The Hall–Kier alpha value is -2.65. The number of amides is 1. The van der Waals surface area contributed by atoms with Gasteiger partial charge in [0.15, 0.2) is 5.65 Å². The molecule has 0 saturated carbocycles. The number of hydrogen-bond acceptors (Lipinski definition) is 4. The summed E-state index contributed by atoms with van der Waals surface area (Å²) in [5.74, 6) is 0.176. The van der Waals surface area contributed by atoms with Gasteiger partial charge in [-0.25, -0.2) is 0 Å². The van der Waals surface area contributed by atoms with Crippen LogP contribution in [0.15, 0.2) is 42.6 Å². The first kappa shape index (κ1) is 21.6. The Balaban J connectivity index is 1.51. The van der Waals surface area contributed by atoms with Gasteiger partial charge in [0.2, 0.25) is 5.91 Å². The zero-order valence-corrected chi connectivity index (χ0v) is 17.5. The molecule has 4 rings (SSSR count). The maximum absolute atomic E-state index is 13.1. The number of carbonyl (C=O) groups is 1. The van der Waals surface area contributed by atoms with E-state index in [1.54, 1.807) is 24.3 Å². The number of nitrogens with one attached hydrogen (secondary N) is 1. The molecule has 1 fully saturated rings. The normalized spacial score (nSPS) is 18.8. The van der Waals surface area contributed by atoms with Crippen LogP contribution in [-0.4, -0.2) is 44.5 Å². The average molecular weight is 452 g/mol. The van der Waals surface area contributed by atoms with E-state index >= 15 is 0 Å². The first-order chi connectivity index (χ1) is 14.7. The van der Waals surface area contributed by atoms with Crippen molar-refractivity contribution in [2.45, 2.75) is 37.9 Å². The largest absolute Gasteiger partial charge is 0.417 e. The van der Waals surface area contributed by atoms with Crippen molar-refractivity contribution < 1.29 is 18.0 Å². The van der Waals surface area contributed by atoms with E-state index in [4.69, 9.17) is 11.6 Å². The standard InChI is InChI=1S/C21H21ClF3N5O/c1-13(20(31)26-17-6-2-5-16(22)10-17)29-9-3-4-14(11-29)19-28-27-18-8-7-15(12-30(18)19)21(23,24)25/h2,5-8,10,12-14H,3-4,9,11H2,1H3,(H,26,31)/t13-,14-/m0/s1. The number of piperidine rings is 1. The van der Waals surface area contributed by atoms with Crippen LogP contribution in [0, 0.1) is 0 Å². The number of halogens is 4. The number of pyridine rings is 1. The molecule has 0 unspecified atom stereocenters. The lowest BCUT2D eigenvalue weighted by Crippen LogP contribution is -2.46. The molecule has 6 nitrogen and oxygen atoms in total. The van der Waals surface area contributed by atoms with Crippen molar-refractivity contribution >= 4 is 28.8 Å². The number of carbonyl (C=O) groups excluding carboxylic acids is 1. The first-order valence-corrected chi connectivity index (χ1v) is 10.3. The summed E-state index contributed by atoms with van der Waals surface area (Å²) in [4.78, 5) is 14.7. The molecule has 1 aliphatic heterocycles. The second kappa shape index (κ2) is 8.47. The van der Waals surface area contributed by atoms with E-state index in [1.165, 1.54) is 10.5 Å². The lowest BCUT2D eigenvalue weighted by molar-refractivity contribution is -0.137. The van der Waals surface area contributed by atoms with E-state index in [1.807, 2.05) is 11.8 Å². The van der Waals surface area contributed by atoms with Gasteiger partial charge < -0.3 is 5.32 Å². The monoisotopic (exact) mass is 451 g/mol. The summed E-state index contributed by atoms with van der Waals surface area (Å²) in [7, 11) is 0. The van der Waals surface area contributed by atoms with Crippen LogP contribution in [0.25, 0.3) is 5.65 Å². The highest BCUT2D eigenvalue weighted by Gasteiger charge is 2.33. The van der Waals surface area contributed by atoms with E-state index in [9.17, 15) is 18.0 Å². The van der Waals surface area contributed by atoms with Crippen LogP contribution >= 0.6 is 11.6 Å². The number of fused-ring (bicyclic) bond motifs is 1. The fourth-order valence-corrected chi connectivity index (χ4v) is 4.09. The van der Waals surface area contributed by atoms with Crippen LogP contribution in [0.5, 0.6) is 0 Å². The second-order valence-electron chi connectivity index (χ2n) is 7.71. The number of benzene rings is 1. The lowest BCUT2D eigenvalue weighted by atomic mass is 9.96. The summed E-state index contributed by atoms with van der Waals surface area (Å²) in [6, 6.07) is 8.81. The highest BCUT2D eigenvalue weighted by molar-refractivity contribution is 6.30. The molecule has 1 N–H and O–H groups in total. The number of hydrogen-bond donors (Lipinski definition) is 1. The van der Waals surface area contributed by atoms with E-state index in [0.29, 0.717) is 35.3 Å². The Bertz CT molecular complexity index is 1100. The second-order valence-corrected chi connectivity index (χ2v) is 8.15. The number of anilines is 1. The predicted octanol–water partition coefficient (Wildman–Crippen LogP) is 4.61. The van der Waals surface area contributed by atoms with Gasteiger partial charge in [-0.05, 0) is 56.6 Å². The van der Waals surface area contributed by atoms with Crippen molar-refractivity contribution in [2.24, 2.45) is 0 Å². The lowest BCUT2D eigenvalue weighted by Gasteiger charge is -2.35. The maximum Gasteiger partial charge on any atom is 0.417 e. The van der Waals surface area contributed by atoms with Gasteiger partial charge in [0, 0.05) is 29.4 Å². The van der Waals surface area contributed by atoms with Crippen molar-refractivity contribution in [3.05, 3.63) is 59.0 Å². The van der Waals surface area contributed by atoms with Crippen molar-refractivity contribution in [3.63, 3.8) is 0 Å². The van der Waals surface area contributed by atoms with E-state index in [0.717, 1.165) is 25.1 Å². The topological polar surface area (TPSA) is 62.5 Å². The summed E-state index contributed by atoms with van der Waals surface area (Å²) in [6.45, 7) is 3.03. The molecule has 164 valence electrons. The van der Waals surface area contributed by atoms with Crippen molar-refractivity contribution in [1.82, 2.24) is 19.5 Å². The van der Waals surface area contributed by atoms with Gasteiger partial charge in [-0.3, -0.25) is 14.1 Å². The van der Waals surface area contributed by atoms with Gasteiger partial charge in [0.25, 0.3) is 0 Å². The zero-order valence-electron chi connectivity index (χ0n) is 16.7. The van der Waals surface area contributed by atoms with Crippen molar-refractivity contribution in [3.8, 4) is 0 Å². The third kappa shape index (κ3) is 4.67. The molecule has 3 aromatic rings. The molecule has 1 aliphatic rings. The van der Waals surface area contributed by atoms with Gasteiger partial charge in [-0.1, -0.05) is 17.7 Å². The quantitative estimate of drug-likeness (QED) is 0.629. The molecule has 0 spiro atoms. The molecule has 31 heavy (non-hydrogen) atoms. The number of nitrogens with zero attached hydrogens (tertiary/aromatic N) is 4. The molecule has 1 aromatic carbocycles. The minimum Gasteiger partial charge on any atom is -0.325 e. The Kier molecular flexibility index (Phi) is 5.90. The smallest absolute Gasteiger partial charge is 0.325 e. The Labute approximate surface area is 182 Å². The van der Waals surface area contributed by atoms with Crippen molar-refractivity contribution in [1.29, 1.82) is 0 Å². The molecule has 3 heterocycles. The minimum absolute atomic E-state index is 0.131. The molecule has 1 amide bonds. The zero-order chi connectivity index (χ0) is 22.2. The fraction of sp³-hybridized carbons (Fsp3) is 0.381. The number of rotatable bonds is 4. The Morgan fingerprint density at radius 3 is 2.81 bits per heavy atom. The number of likely N-dealkylation sites (tertiary alicyclic amines) is 1. The van der Waals surface area contributed by atoms with E-state index < -0.39 is 17.8 Å². The fourth-order valence-electron chi connectivity index (χ4n) is 3.90. The predicted molar refractivity (Wildman–Crippen MR) is 111 cm³/mol. The van der Waals surface area contributed by atoms with Crippen LogP contribution in [0.4, 0.5) is 18.9 Å². The van der Waals surface area contributed by atoms with Gasteiger partial charge in [-0.2, -0.15) is 13.2 Å². The van der Waals surface area contributed by atoms with Gasteiger partial charge in [-0.15, -0.1) is 10.2 Å². The molecule has 0 aliphatic carbocycles. The van der Waals surface area contributed by atoms with Gasteiger partial charge >= 0.3 is 6.18 Å². The molecule has 0 radical (unpaired) electrons. The minimum atomic E-state index is -4.44. The Morgan fingerprint density at radius 1 is 1.26 bits per heavy atom. The summed E-state index contributed by atoms with van der Waals surface area (Å²) >= 11 is 5.97. The van der Waals surface area contributed by atoms with E-state index in [2.05, 4.69) is 15.5 Å². The third-order valence-corrected chi connectivity index (χ3v) is 5.83. The summed E-state index contributed by atoms with van der Waals surface area (Å²) in [6.07, 6.45) is -1.84. The highest BCUT2D eigenvalue weighted by atomic mass is 35.5. The van der Waals surface area contributed by atoms with Gasteiger partial charge in [0.1, 0.15) is 5.82 Å². The van der Waals surface area contributed by atoms with Gasteiger partial charge in [0.05, 0.1) is 11.6 Å². The van der Waals surface area contributed by atoms with Crippen LogP contribution in [0.1, 0.15) is 37.1 Å². The highest BCUT2D eigenvalue weighted by Crippen LogP contribution is 2.32. The summed E-state index contributed by atoms with van der Waals surface area (Å²) in [5.41, 5.74) is 0.232. The third-order valence-electron chi connectivity index (χ3n) is 5.59. The van der Waals surface area contributed by atoms with Crippen LogP contribution in [0.2, 0.25) is 5.02 Å². The number of aromatic nitrogens is 3. The van der Waals surface area contributed by atoms with Crippen molar-refractivity contribution in [2.75, 3.05) is 18.4 Å². The summed E-state index contributed by atoms with van der Waals surface area (Å²) < 4.78 is 40.8. The maximum atomic E-state index is 13.1. The Morgan fingerprint density at radius 2 is 2.06 bits per heavy atom. The van der Waals surface area contributed by atoms with Crippen LogP contribution in [-0.2, 0) is 11.0 Å². The molecule has 2 aromatic heterocycles. The number of alkyl halides is 3.